The number of halogens is 2. The van der Waals surface area contributed by atoms with Gasteiger partial charge >= 0.3 is 6.61 Å². The van der Waals surface area contributed by atoms with Crippen LogP contribution in [0.3, 0.4) is 0 Å². The number of alkyl halides is 2. The number of ether oxygens (including phenoxy) is 2. The lowest BCUT2D eigenvalue weighted by Crippen LogP contribution is -2.40. The number of methoxy groups -OCH3 is 1. The van der Waals surface area contributed by atoms with E-state index in [0.29, 0.717) is 16.7 Å². The lowest BCUT2D eigenvalue weighted by molar-refractivity contribution is -0.0512. The third-order valence-corrected chi connectivity index (χ3v) is 4.09. The van der Waals surface area contributed by atoms with E-state index in [4.69, 9.17) is 4.74 Å². The lowest BCUT2D eigenvalue weighted by Gasteiger charge is -2.21. The van der Waals surface area contributed by atoms with Crippen molar-refractivity contribution in [1.82, 2.24) is 10.2 Å². The van der Waals surface area contributed by atoms with E-state index in [1.54, 1.807) is 37.4 Å². The predicted octanol–water partition coefficient (Wildman–Crippen LogP) is 4.10. The van der Waals surface area contributed by atoms with Crippen LogP contribution in [0.2, 0.25) is 0 Å². The van der Waals surface area contributed by atoms with Crippen molar-refractivity contribution in [2.45, 2.75) is 39.5 Å². The minimum absolute atomic E-state index is 0.0972. The van der Waals surface area contributed by atoms with Gasteiger partial charge in [-0.2, -0.15) is 8.78 Å². The third-order valence-electron chi connectivity index (χ3n) is 4.09. The Hall–Kier alpha value is -3.16. The number of nitrogens with zero attached hydrogens (tertiary/aromatic N) is 1. The quantitative estimate of drug-likeness (QED) is 0.733. The first-order chi connectivity index (χ1) is 14.0. The maximum Gasteiger partial charge on any atom is 0.387 e. The van der Waals surface area contributed by atoms with Gasteiger partial charge in [0.2, 0.25) is 0 Å². The normalized spacial score (nSPS) is 11.2. The standard InChI is InChI=1S/C22H26F2N2O4/c1-22(2,3)25-19(27)15-7-9-16(10-8-15)20(28)26(4)13-14-6-11-17(29-5)18(12-14)30-21(23)24/h6-12,21H,13H2,1-5H3,(H,25,27). The molecule has 0 aliphatic rings. The molecule has 0 radical (unpaired) electrons. The fraction of sp³-hybridized carbons (Fsp3) is 0.364. The summed E-state index contributed by atoms with van der Waals surface area (Å²) in [6.07, 6.45) is 0. The summed E-state index contributed by atoms with van der Waals surface area (Å²) < 4.78 is 34.7. The molecule has 1 N–H and O–H groups in total. The Morgan fingerprint density at radius 2 is 1.63 bits per heavy atom. The van der Waals surface area contributed by atoms with Crippen molar-refractivity contribution >= 4 is 11.8 Å². The molecule has 0 fully saturated rings. The molecule has 0 unspecified atom stereocenters. The van der Waals surface area contributed by atoms with E-state index in [-0.39, 0.29) is 35.4 Å². The second-order valence-electron chi connectivity index (χ2n) is 7.81. The SMILES string of the molecule is COc1ccc(CN(C)C(=O)c2ccc(C(=O)NC(C)(C)C)cc2)cc1OC(F)F. The van der Waals surface area contributed by atoms with E-state index >= 15 is 0 Å². The van der Waals surface area contributed by atoms with Gasteiger partial charge in [0.05, 0.1) is 7.11 Å². The molecule has 0 aromatic heterocycles. The monoisotopic (exact) mass is 420 g/mol. The second kappa shape index (κ2) is 9.56. The van der Waals surface area contributed by atoms with Crippen LogP contribution in [0.25, 0.3) is 0 Å². The highest BCUT2D eigenvalue weighted by molar-refractivity contribution is 5.98. The van der Waals surface area contributed by atoms with Gasteiger partial charge in [0.15, 0.2) is 11.5 Å². The Morgan fingerprint density at radius 1 is 1.03 bits per heavy atom. The molecule has 0 aliphatic heterocycles. The molecule has 0 saturated heterocycles. The summed E-state index contributed by atoms with van der Waals surface area (Å²) in [6, 6.07) is 10.9. The van der Waals surface area contributed by atoms with Crippen molar-refractivity contribution < 1.29 is 27.8 Å². The summed E-state index contributed by atoms with van der Waals surface area (Å²) in [6.45, 7) is 2.84. The maximum atomic E-state index is 12.7. The molecule has 30 heavy (non-hydrogen) atoms. The number of hydrogen-bond donors (Lipinski definition) is 1. The second-order valence-corrected chi connectivity index (χ2v) is 7.81. The van der Waals surface area contributed by atoms with Crippen molar-refractivity contribution in [2.75, 3.05) is 14.2 Å². The number of carbonyl (C=O) groups is 2. The molecule has 0 saturated carbocycles. The number of benzene rings is 2. The molecule has 0 spiro atoms. The molecule has 6 nitrogen and oxygen atoms in total. The van der Waals surface area contributed by atoms with Crippen molar-refractivity contribution in [3.8, 4) is 11.5 Å². The molecular formula is C22H26F2N2O4. The minimum Gasteiger partial charge on any atom is -0.493 e. The molecule has 0 heterocycles. The first-order valence-electron chi connectivity index (χ1n) is 9.30. The summed E-state index contributed by atoms with van der Waals surface area (Å²) in [5.74, 6) is -0.415. The van der Waals surface area contributed by atoms with Crippen LogP contribution in [0.5, 0.6) is 11.5 Å². The molecule has 2 aromatic rings. The predicted molar refractivity (Wildman–Crippen MR) is 109 cm³/mol. The molecule has 2 rings (SSSR count). The van der Waals surface area contributed by atoms with Crippen molar-refractivity contribution in [1.29, 1.82) is 0 Å². The van der Waals surface area contributed by atoms with Crippen LogP contribution in [0.15, 0.2) is 42.5 Å². The zero-order valence-corrected chi connectivity index (χ0v) is 17.7. The van der Waals surface area contributed by atoms with Gasteiger partial charge in [-0.3, -0.25) is 9.59 Å². The Bertz CT molecular complexity index is 893. The molecule has 162 valence electrons. The van der Waals surface area contributed by atoms with Crippen LogP contribution in [0, 0.1) is 0 Å². The average Bonchev–Trinajstić information content (AvgIpc) is 2.66. The molecule has 0 aliphatic carbocycles. The van der Waals surface area contributed by atoms with Gasteiger partial charge in [0, 0.05) is 30.3 Å². The van der Waals surface area contributed by atoms with Gasteiger partial charge in [-0.25, -0.2) is 0 Å². The topological polar surface area (TPSA) is 67.9 Å². The molecular weight excluding hydrogens is 394 g/mol. The van der Waals surface area contributed by atoms with E-state index in [1.807, 2.05) is 20.8 Å². The number of carbonyl (C=O) groups excluding carboxylic acids is 2. The van der Waals surface area contributed by atoms with Gasteiger partial charge in [-0.1, -0.05) is 6.07 Å². The number of rotatable bonds is 7. The Balaban J connectivity index is 2.10. The molecule has 0 bridgehead atoms. The van der Waals surface area contributed by atoms with Gasteiger partial charge in [-0.05, 0) is 62.7 Å². The summed E-state index contributed by atoms with van der Waals surface area (Å²) in [5, 5.41) is 2.86. The molecule has 2 aromatic carbocycles. The number of nitrogens with one attached hydrogen (secondary N) is 1. The van der Waals surface area contributed by atoms with Crippen LogP contribution in [-0.2, 0) is 6.54 Å². The van der Waals surface area contributed by atoms with Crippen molar-refractivity contribution in [3.05, 3.63) is 59.2 Å². The first-order valence-corrected chi connectivity index (χ1v) is 9.30. The summed E-state index contributed by atoms with van der Waals surface area (Å²) in [5.41, 5.74) is 1.09. The zero-order valence-electron chi connectivity index (χ0n) is 17.7. The van der Waals surface area contributed by atoms with Gasteiger partial charge in [0.25, 0.3) is 11.8 Å². The largest absolute Gasteiger partial charge is 0.493 e. The lowest BCUT2D eigenvalue weighted by atomic mass is 10.1. The van der Waals surface area contributed by atoms with E-state index in [9.17, 15) is 18.4 Å². The zero-order chi connectivity index (χ0) is 22.5. The first kappa shape index (κ1) is 23.1. The van der Waals surface area contributed by atoms with Crippen LogP contribution in [-0.4, -0.2) is 43.0 Å². The van der Waals surface area contributed by atoms with Gasteiger partial charge in [-0.15, -0.1) is 0 Å². The third kappa shape index (κ3) is 6.43. The Labute approximate surface area is 174 Å². The van der Waals surface area contributed by atoms with Crippen molar-refractivity contribution in [2.24, 2.45) is 0 Å². The number of amides is 2. The maximum absolute atomic E-state index is 12.7. The van der Waals surface area contributed by atoms with E-state index in [2.05, 4.69) is 10.1 Å². The summed E-state index contributed by atoms with van der Waals surface area (Å²) in [4.78, 5) is 26.3. The van der Waals surface area contributed by atoms with Gasteiger partial charge < -0.3 is 19.7 Å². The smallest absolute Gasteiger partial charge is 0.387 e. The van der Waals surface area contributed by atoms with Crippen LogP contribution in [0.4, 0.5) is 8.78 Å². The molecule has 8 heteroatoms. The highest BCUT2D eigenvalue weighted by atomic mass is 19.3. The number of hydrogen-bond acceptors (Lipinski definition) is 4. The van der Waals surface area contributed by atoms with Crippen LogP contribution < -0.4 is 14.8 Å². The summed E-state index contributed by atoms with van der Waals surface area (Å²) in [7, 11) is 2.95. The Kier molecular flexibility index (Phi) is 7.37. The van der Waals surface area contributed by atoms with E-state index in [0.717, 1.165) is 0 Å². The highest BCUT2D eigenvalue weighted by Crippen LogP contribution is 2.30. The highest BCUT2D eigenvalue weighted by Gasteiger charge is 2.18. The van der Waals surface area contributed by atoms with E-state index in [1.165, 1.54) is 24.1 Å². The summed E-state index contributed by atoms with van der Waals surface area (Å²) >= 11 is 0. The average molecular weight is 420 g/mol. The Morgan fingerprint density at radius 3 is 2.17 bits per heavy atom. The fourth-order valence-electron chi connectivity index (χ4n) is 2.75. The minimum atomic E-state index is -2.98. The van der Waals surface area contributed by atoms with Gasteiger partial charge in [0.1, 0.15) is 0 Å². The van der Waals surface area contributed by atoms with Crippen LogP contribution in [0.1, 0.15) is 47.1 Å². The molecule has 2 amide bonds. The van der Waals surface area contributed by atoms with Crippen LogP contribution >= 0.6 is 0 Å². The molecule has 0 atom stereocenters. The fourth-order valence-corrected chi connectivity index (χ4v) is 2.75. The van der Waals surface area contributed by atoms with Crippen molar-refractivity contribution in [3.63, 3.8) is 0 Å². The van der Waals surface area contributed by atoms with E-state index < -0.39 is 6.61 Å².